The summed E-state index contributed by atoms with van der Waals surface area (Å²) in [4.78, 5) is 23.0. The molecule has 0 bridgehead atoms. The number of hydrogen-bond donors (Lipinski definition) is 2. The van der Waals surface area contributed by atoms with Crippen LogP contribution >= 0.6 is 34.8 Å². The number of halogens is 3. The number of para-hydroxylation sites is 1. The lowest BCUT2D eigenvalue weighted by atomic mass is 10.1. The highest BCUT2D eigenvalue weighted by atomic mass is 35.6. The fourth-order valence-electron chi connectivity index (χ4n) is 2.36. The van der Waals surface area contributed by atoms with E-state index in [1.807, 2.05) is 26.0 Å². The number of alkyl halides is 3. The number of amides is 1. The predicted octanol–water partition coefficient (Wildman–Crippen LogP) is 4.75. The maximum atomic E-state index is 12.5. The van der Waals surface area contributed by atoms with Crippen molar-refractivity contribution in [2.24, 2.45) is 0 Å². The molecular formula is C17H16Cl3N3O3. The second-order valence-electron chi connectivity index (χ2n) is 5.69. The van der Waals surface area contributed by atoms with Crippen molar-refractivity contribution in [2.45, 2.75) is 23.8 Å². The lowest BCUT2D eigenvalue weighted by molar-refractivity contribution is -0.385. The SMILES string of the molecule is Cc1ccc(N[C@H](NC(=O)c2ccccc2[N+](=O)[O-])C(Cl)(Cl)Cl)c(C)c1. The second-order valence-corrected chi connectivity index (χ2v) is 8.05. The lowest BCUT2D eigenvalue weighted by Gasteiger charge is -2.28. The Hall–Kier alpha value is -2.02. The van der Waals surface area contributed by atoms with Crippen LogP contribution in [-0.2, 0) is 0 Å². The fraction of sp³-hybridized carbons (Fsp3) is 0.235. The van der Waals surface area contributed by atoms with E-state index in [4.69, 9.17) is 34.8 Å². The highest BCUT2D eigenvalue weighted by molar-refractivity contribution is 6.68. The summed E-state index contributed by atoms with van der Waals surface area (Å²) in [6, 6.07) is 11.2. The van der Waals surface area contributed by atoms with Gasteiger partial charge in [-0.05, 0) is 31.5 Å². The summed E-state index contributed by atoms with van der Waals surface area (Å²) in [7, 11) is 0. The molecule has 1 atom stereocenters. The summed E-state index contributed by atoms with van der Waals surface area (Å²) in [5.41, 5.74) is 2.15. The number of nitro groups is 1. The van der Waals surface area contributed by atoms with Crippen LogP contribution < -0.4 is 10.6 Å². The van der Waals surface area contributed by atoms with Gasteiger partial charge >= 0.3 is 0 Å². The van der Waals surface area contributed by atoms with Crippen LogP contribution in [0.5, 0.6) is 0 Å². The molecule has 2 aromatic rings. The van der Waals surface area contributed by atoms with Crippen LogP contribution in [0.3, 0.4) is 0 Å². The molecule has 1 amide bonds. The molecule has 0 aliphatic heterocycles. The molecule has 0 spiro atoms. The highest BCUT2D eigenvalue weighted by Crippen LogP contribution is 2.32. The number of carbonyl (C=O) groups excluding carboxylic acids is 1. The zero-order valence-corrected chi connectivity index (χ0v) is 16.2. The van der Waals surface area contributed by atoms with E-state index in [1.165, 1.54) is 24.3 Å². The Kier molecular flexibility index (Phi) is 6.34. The molecule has 9 heteroatoms. The van der Waals surface area contributed by atoms with Gasteiger partial charge in [-0.25, -0.2) is 0 Å². The number of benzene rings is 2. The zero-order valence-electron chi connectivity index (χ0n) is 13.9. The minimum atomic E-state index is -1.89. The van der Waals surface area contributed by atoms with Crippen molar-refractivity contribution in [3.63, 3.8) is 0 Å². The van der Waals surface area contributed by atoms with Crippen molar-refractivity contribution in [1.29, 1.82) is 0 Å². The number of nitrogens with zero attached hydrogens (tertiary/aromatic N) is 1. The molecule has 0 unspecified atom stereocenters. The first-order chi connectivity index (χ1) is 12.1. The van der Waals surface area contributed by atoms with E-state index in [1.54, 1.807) is 6.07 Å². The third kappa shape index (κ3) is 5.00. The van der Waals surface area contributed by atoms with Gasteiger partial charge in [0.25, 0.3) is 11.6 Å². The molecule has 138 valence electrons. The summed E-state index contributed by atoms with van der Waals surface area (Å²) in [6.45, 7) is 3.81. The van der Waals surface area contributed by atoms with Gasteiger partial charge in [0.05, 0.1) is 4.92 Å². The van der Waals surface area contributed by atoms with Crippen LogP contribution in [0.2, 0.25) is 0 Å². The molecule has 0 heterocycles. The van der Waals surface area contributed by atoms with E-state index in [9.17, 15) is 14.9 Å². The van der Waals surface area contributed by atoms with Gasteiger partial charge in [-0.15, -0.1) is 0 Å². The molecule has 26 heavy (non-hydrogen) atoms. The van der Waals surface area contributed by atoms with Crippen molar-refractivity contribution >= 4 is 52.1 Å². The van der Waals surface area contributed by atoms with Crippen molar-refractivity contribution in [2.75, 3.05) is 5.32 Å². The number of anilines is 1. The first-order valence-electron chi connectivity index (χ1n) is 7.54. The number of carbonyl (C=O) groups is 1. The molecule has 0 aromatic heterocycles. The maximum absolute atomic E-state index is 12.5. The second kappa shape index (κ2) is 8.12. The summed E-state index contributed by atoms with van der Waals surface area (Å²) < 4.78 is -1.89. The molecule has 2 aromatic carbocycles. The third-order valence-electron chi connectivity index (χ3n) is 3.63. The minimum absolute atomic E-state index is 0.126. The summed E-state index contributed by atoms with van der Waals surface area (Å²) in [6.07, 6.45) is -1.11. The van der Waals surface area contributed by atoms with Crippen molar-refractivity contribution in [3.8, 4) is 0 Å². The van der Waals surface area contributed by atoms with E-state index < -0.39 is 20.8 Å². The maximum Gasteiger partial charge on any atom is 0.282 e. The van der Waals surface area contributed by atoms with Gasteiger partial charge in [0.2, 0.25) is 3.79 Å². The zero-order chi connectivity index (χ0) is 19.5. The Morgan fingerprint density at radius 2 is 1.81 bits per heavy atom. The topological polar surface area (TPSA) is 84.3 Å². The fourth-order valence-corrected chi connectivity index (χ4v) is 2.69. The van der Waals surface area contributed by atoms with Gasteiger partial charge in [-0.1, -0.05) is 64.6 Å². The lowest BCUT2D eigenvalue weighted by Crippen LogP contribution is -2.49. The summed E-state index contributed by atoms with van der Waals surface area (Å²) >= 11 is 18.0. The van der Waals surface area contributed by atoms with Crippen molar-refractivity contribution in [3.05, 3.63) is 69.3 Å². The summed E-state index contributed by atoms with van der Waals surface area (Å²) in [5.74, 6) is -0.731. The van der Waals surface area contributed by atoms with E-state index >= 15 is 0 Å². The Balaban J connectivity index is 2.29. The summed E-state index contributed by atoms with van der Waals surface area (Å²) in [5, 5.41) is 16.6. The van der Waals surface area contributed by atoms with E-state index in [2.05, 4.69) is 10.6 Å². The van der Waals surface area contributed by atoms with Crippen LogP contribution in [0, 0.1) is 24.0 Å². The molecule has 6 nitrogen and oxygen atoms in total. The Bertz CT molecular complexity index is 837. The number of nitrogens with one attached hydrogen (secondary N) is 2. The third-order valence-corrected chi connectivity index (χ3v) is 4.28. The Morgan fingerprint density at radius 3 is 2.38 bits per heavy atom. The molecule has 0 saturated heterocycles. The Labute approximate surface area is 165 Å². The first-order valence-corrected chi connectivity index (χ1v) is 8.68. The van der Waals surface area contributed by atoms with Crippen LogP contribution in [0.15, 0.2) is 42.5 Å². The molecule has 2 N–H and O–H groups in total. The number of nitro benzene ring substituents is 1. The molecular weight excluding hydrogens is 401 g/mol. The quantitative estimate of drug-likeness (QED) is 0.319. The molecule has 0 saturated carbocycles. The normalized spacial score (nSPS) is 12.3. The van der Waals surface area contributed by atoms with Crippen molar-refractivity contribution < 1.29 is 9.72 Å². The molecule has 2 rings (SSSR count). The van der Waals surface area contributed by atoms with Gasteiger partial charge in [0.1, 0.15) is 11.7 Å². The van der Waals surface area contributed by atoms with Crippen LogP contribution in [0.25, 0.3) is 0 Å². The molecule has 0 aliphatic rings. The van der Waals surface area contributed by atoms with Crippen LogP contribution in [0.1, 0.15) is 21.5 Å². The molecule has 0 radical (unpaired) electrons. The molecule has 0 aliphatic carbocycles. The van der Waals surface area contributed by atoms with Gasteiger partial charge in [0.15, 0.2) is 0 Å². The standard InChI is InChI=1S/C17H16Cl3N3O3/c1-10-7-8-13(11(2)9-10)21-16(17(18,19)20)22-15(24)12-5-3-4-6-14(12)23(25)26/h3-9,16,21H,1-2H3,(H,22,24)/t16-/m1/s1. The average molecular weight is 417 g/mol. The van der Waals surface area contributed by atoms with Crippen LogP contribution in [-0.4, -0.2) is 20.8 Å². The van der Waals surface area contributed by atoms with Crippen LogP contribution in [0.4, 0.5) is 11.4 Å². The van der Waals surface area contributed by atoms with Gasteiger partial charge in [0, 0.05) is 11.8 Å². The number of rotatable bonds is 5. The Morgan fingerprint density at radius 1 is 1.15 bits per heavy atom. The van der Waals surface area contributed by atoms with Crippen molar-refractivity contribution in [1.82, 2.24) is 5.32 Å². The monoisotopic (exact) mass is 415 g/mol. The highest BCUT2D eigenvalue weighted by Gasteiger charge is 2.35. The van der Waals surface area contributed by atoms with E-state index in [0.29, 0.717) is 5.69 Å². The largest absolute Gasteiger partial charge is 0.362 e. The first kappa shape index (κ1) is 20.3. The van der Waals surface area contributed by atoms with Gasteiger partial charge in [-0.2, -0.15) is 0 Å². The average Bonchev–Trinajstić information content (AvgIpc) is 2.55. The smallest absolute Gasteiger partial charge is 0.282 e. The van der Waals surface area contributed by atoms with E-state index in [-0.39, 0.29) is 11.3 Å². The number of hydrogen-bond acceptors (Lipinski definition) is 4. The predicted molar refractivity (Wildman–Crippen MR) is 104 cm³/mol. The van der Waals surface area contributed by atoms with Gasteiger partial charge in [-0.3, -0.25) is 14.9 Å². The minimum Gasteiger partial charge on any atom is -0.362 e. The molecule has 0 fully saturated rings. The van der Waals surface area contributed by atoms with Gasteiger partial charge < -0.3 is 10.6 Å². The van der Waals surface area contributed by atoms with E-state index in [0.717, 1.165) is 11.1 Å². The number of aryl methyl sites for hydroxylation is 2.